The Balaban J connectivity index is 1.47. The molecule has 116 valence electrons. The summed E-state index contributed by atoms with van der Waals surface area (Å²) in [5, 5.41) is 10.9. The van der Waals surface area contributed by atoms with Crippen LogP contribution in [0.25, 0.3) is 0 Å². The normalized spacial score (nSPS) is 20.6. The molecule has 1 amide bonds. The Morgan fingerprint density at radius 2 is 1.81 bits per heavy atom. The molecule has 1 aromatic heterocycles. The van der Waals surface area contributed by atoms with Gasteiger partial charge in [-0.25, -0.2) is 0 Å². The molecular weight excluding hydrogens is 264 g/mol. The molecule has 0 saturated heterocycles. The lowest BCUT2D eigenvalue weighted by Gasteiger charge is -2.21. The lowest BCUT2D eigenvalue weighted by atomic mass is 9.97. The van der Waals surface area contributed by atoms with Gasteiger partial charge in [0.25, 0.3) is 0 Å². The minimum Gasteiger partial charge on any atom is -0.380 e. The van der Waals surface area contributed by atoms with E-state index in [4.69, 9.17) is 0 Å². The maximum atomic E-state index is 11.8. The molecule has 0 aromatic carbocycles. The number of hydrogen-bond donors (Lipinski definition) is 2. The van der Waals surface area contributed by atoms with Crippen molar-refractivity contribution in [2.75, 3.05) is 5.32 Å². The second-order valence-electron chi connectivity index (χ2n) is 6.45. The SMILES string of the molecule is O=C(Cn1cc(NC2CCCCCCC2)cn1)NC1CC1. The van der Waals surface area contributed by atoms with Crippen LogP contribution in [0.5, 0.6) is 0 Å². The van der Waals surface area contributed by atoms with E-state index in [0.717, 1.165) is 18.5 Å². The number of rotatable bonds is 5. The van der Waals surface area contributed by atoms with Crippen LogP contribution >= 0.6 is 0 Å². The monoisotopic (exact) mass is 290 g/mol. The van der Waals surface area contributed by atoms with Gasteiger partial charge in [0.15, 0.2) is 0 Å². The van der Waals surface area contributed by atoms with Gasteiger partial charge in [-0.05, 0) is 25.7 Å². The van der Waals surface area contributed by atoms with Gasteiger partial charge in [-0.3, -0.25) is 9.48 Å². The average molecular weight is 290 g/mol. The predicted molar refractivity (Wildman–Crippen MR) is 83.1 cm³/mol. The predicted octanol–water partition coefficient (Wildman–Crippen LogP) is 2.69. The summed E-state index contributed by atoms with van der Waals surface area (Å²) in [6.07, 6.45) is 15.3. The van der Waals surface area contributed by atoms with Crippen molar-refractivity contribution in [2.45, 2.75) is 76.4 Å². The first-order valence-electron chi connectivity index (χ1n) is 8.38. The third-order valence-electron chi connectivity index (χ3n) is 4.36. The van der Waals surface area contributed by atoms with Crippen molar-refractivity contribution in [2.24, 2.45) is 0 Å². The van der Waals surface area contributed by atoms with E-state index in [1.54, 1.807) is 4.68 Å². The van der Waals surface area contributed by atoms with Crippen molar-refractivity contribution in [3.63, 3.8) is 0 Å². The van der Waals surface area contributed by atoms with Crippen molar-refractivity contribution in [1.82, 2.24) is 15.1 Å². The fourth-order valence-electron chi connectivity index (χ4n) is 3.01. The Morgan fingerprint density at radius 1 is 1.10 bits per heavy atom. The Kier molecular flexibility index (Phi) is 4.78. The zero-order valence-electron chi connectivity index (χ0n) is 12.7. The van der Waals surface area contributed by atoms with Crippen LogP contribution in [-0.2, 0) is 11.3 Å². The molecule has 0 spiro atoms. The van der Waals surface area contributed by atoms with Gasteiger partial charge < -0.3 is 10.6 Å². The van der Waals surface area contributed by atoms with Crippen molar-refractivity contribution >= 4 is 11.6 Å². The molecule has 2 fully saturated rings. The van der Waals surface area contributed by atoms with Gasteiger partial charge in [0.05, 0.1) is 11.9 Å². The fraction of sp³-hybridized carbons (Fsp3) is 0.750. The summed E-state index contributed by atoms with van der Waals surface area (Å²) in [5.74, 6) is 0.0677. The van der Waals surface area contributed by atoms with E-state index in [1.165, 1.54) is 44.9 Å². The van der Waals surface area contributed by atoms with E-state index >= 15 is 0 Å². The number of amides is 1. The molecule has 0 aliphatic heterocycles. The maximum absolute atomic E-state index is 11.8. The molecule has 2 saturated carbocycles. The van der Waals surface area contributed by atoms with Crippen molar-refractivity contribution in [1.29, 1.82) is 0 Å². The Labute approximate surface area is 126 Å². The van der Waals surface area contributed by atoms with E-state index in [9.17, 15) is 4.79 Å². The van der Waals surface area contributed by atoms with E-state index in [-0.39, 0.29) is 5.91 Å². The standard InChI is InChI=1S/C16H26N4O/c21-16(19-14-8-9-14)12-20-11-15(10-17-20)18-13-6-4-2-1-3-5-7-13/h10-11,13-14,18H,1-9,12H2,(H,19,21). The Morgan fingerprint density at radius 3 is 2.52 bits per heavy atom. The van der Waals surface area contributed by atoms with Crippen LogP contribution in [0.3, 0.4) is 0 Å². The van der Waals surface area contributed by atoms with Crippen LogP contribution in [0.1, 0.15) is 57.8 Å². The molecule has 0 unspecified atom stereocenters. The third kappa shape index (κ3) is 4.76. The molecular formula is C16H26N4O. The number of hydrogen-bond acceptors (Lipinski definition) is 3. The largest absolute Gasteiger partial charge is 0.380 e. The lowest BCUT2D eigenvalue weighted by Crippen LogP contribution is -2.29. The highest BCUT2D eigenvalue weighted by Crippen LogP contribution is 2.21. The summed E-state index contributed by atoms with van der Waals surface area (Å²) in [7, 11) is 0. The highest BCUT2D eigenvalue weighted by molar-refractivity contribution is 5.76. The molecule has 2 N–H and O–H groups in total. The smallest absolute Gasteiger partial charge is 0.241 e. The van der Waals surface area contributed by atoms with E-state index in [2.05, 4.69) is 15.7 Å². The van der Waals surface area contributed by atoms with Crippen LogP contribution in [0.2, 0.25) is 0 Å². The van der Waals surface area contributed by atoms with E-state index in [0.29, 0.717) is 18.6 Å². The van der Waals surface area contributed by atoms with E-state index < -0.39 is 0 Å². The molecule has 5 nitrogen and oxygen atoms in total. The van der Waals surface area contributed by atoms with Gasteiger partial charge in [0.1, 0.15) is 6.54 Å². The number of carbonyl (C=O) groups is 1. The number of nitrogens with one attached hydrogen (secondary N) is 2. The number of aromatic nitrogens is 2. The van der Waals surface area contributed by atoms with Gasteiger partial charge in [-0.2, -0.15) is 5.10 Å². The number of carbonyl (C=O) groups excluding carboxylic acids is 1. The zero-order chi connectivity index (χ0) is 14.5. The Hall–Kier alpha value is -1.52. The highest BCUT2D eigenvalue weighted by Gasteiger charge is 2.23. The minimum absolute atomic E-state index is 0.0677. The minimum atomic E-state index is 0.0677. The van der Waals surface area contributed by atoms with Crippen LogP contribution in [0, 0.1) is 0 Å². The molecule has 0 atom stereocenters. The molecule has 21 heavy (non-hydrogen) atoms. The summed E-state index contributed by atoms with van der Waals surface area (Å²) >= 11 is 0. The first kappa shape index (κ1) is 14.4. The first-order valence-corrected chi connectivity index (χ1v) is 8.38. The molecule has 0 bridgehead atoms. The maximum Gasteiger partial charge on any atom is 0.241 e. The van der Waals surface area contributed by atoms with Crippen LogP contribution in [0.4, 0.5) is 5.69 Å². The number of anilines is 1. The summed E-state index contributed by atoms with van der Waals surface area (Å²) in [5.41, 5.74) is 1.04. The van der Waals surface area contributed by atoms with Gasteiger partial charge in [0.2, 0.25) is 5.91 Å². The molecule has 0 radical (unpaired) electrons. The third-order valence-corrected chi connectivity index (χ3v) is 4.36. The molecule has 2 aliphatic carbocycles. The lowest BCUT2D eigenvalue weighted by molar-refractivity contribution is -0.122. The first-order chi connectivity index (χ1) is 10.3. The fourth-order valence-corrected chi connectivity index (χ4v) is 3.01. The number of nitrogens with zero attached hydrogens (tertiary/aromatic N) is 2. The van der Waals surface area contributed by atoms with E-state index in [1.807, 2.05) is 12.4 Å². The molecule has 1 aromatic rings. The van der Waals surface area contributed by atoms with Crippen molar-refractivity contribution in [3.8, 4) is 0 Å². The van der Waals surface area contributed by atoms with Gasteiger partial charge in [-0.15, -0.1) is 0 Å². The zero-order valence-corrected chi connectivity index (χ0v) is 12.7. The summed E-state index contributed by atoms with van der Waals surface area (Å²) in [6.45, 7) is 0.322. The van der Waals surface area contributed by atoms with Crippen LogP contribution < -0.4 is 10.6 Å². The van der Waals surface area contributed by atoms with Crippen molar-refractivity contribution < 1.29 is 4.79 Å². The average Bonchev–Trinajstić information content (AvgIpc) is 3.12. The summed E-state index contributed by atoms with van der Waals surface area (Å²) in [6, 6.07) is 0.976. The Bertz CT molecular complexity index is 459. The van der Waals surface area contributed by atoms with Crippen LogP contribution in [0.15, 0.2) is 12.4 Å². The molecule has 2 aliphatic rings. The summed E-state index contributed by atoms with van der Waals surface area (Å²) in [4.78, 5) is 11.8. The van der Waals surface area contributed by atoms with Gasteiger partial charge >= 0.3 is 0 Å². The second kappa shape index (κ2) is 6.96. The molecule has 3 rings (SSSR count). The second-order valence-corrected chi connectivity index (χ2v) is 6.45. The quantitative estimate of drug-likeness (QED) is 0.876. The van der Waals surface area contributed by atoms with Crippen molar-refractivity contribution in [3.05, 3.63) is 12.4 Å². The molecule has 5 heteroatoms. The van der Waals surface area contributed by atoms with Crippen LogP contribution in [-0.4, -0.2) is 27.8 Å². The molecule has 1 heterocycles. The summed E-state index contributed by atoms with van der Waals surface area (Å²) < 4.78 is 1.73. The highest BCUT2D eigenvalue weighted by atomic mass is 16.2. The van der Waals surface area contributed by atoms with Gasteiger partial charge in [-0.1, -0.05) is 32.1 Å². The van der Waals surface area contributed by atoms with Gasteiger partial charge in [0, 0.05) is 18.3 Å². The topological polar surface area (TPSA) is 59.0 Å².